The van der Waals surface area contributed by atoms with E-state index < -0.39 is 0 Å². The summed E-state index contributed by atoms with van der Waals surface area (Å²) in [4.78, 5) is 20.7. The van der Waals surface area contributed by atoms with Crippen molar-refractivity contribution in [2.75, 3.05) is 7.11 Å². The number of hydrogen-bond donors (Lipinski definition) is 1. The van der Waals surface area contributed by atoms with E-state index in [-0.39, 0.29) is 12.3 Å². The molecule has 1 N–H and O–H groups in total. The van der Waals surface area contributed by atoms with Crippen LogP contribution in [0.4, 0.5) is 0 Å². The molecule has 25 heavy (non-hydrogen) atoms. The highest BCUT2D eigenvalue weighted by Crippen LogP contribution is 2.18. The van der Waals surface area contributed by atoms with E-state index in [0.717, 1.165) is 28.1 Å². The van der Waals surface area contributed by atoms with Gasteiger partial charge in [-0.05, 0) is 29.8 Å². The summed E-state index contributed by atoms with van der Waals surface area (Å²) < 4.78 is 5.27. The molecule has 5 heteroatoms. The number of amides is 1. The lowest BCUT2D eigenvalue weighted by molar-refractivity contribution is -0.120. The van der Waals surface area contributed by atoms with Crippen LogP contribution in [0.3, 0.4) is 0 Å². The molecule has 0 unspecified atom stereocenters. The minimum Gasteiger partial charge on any atom is -0.496 e. The Balaban J connectivity index is 1.57. The number of aromatic nitrogens is 2. The molecule has 5 nitrogen and oxygen atoms in total. The molecule has 0 fully saturated rings. The summed E-state index contributed by atoms with van der Waals surface area (Å²) in [5.41, 5.74) is 3.64. The van der Waals surface area contributed by atoms with Crippen molar-refractivity contribution in [3.63, 3.8) is 0 Å². The average Bonchev–Trinajstić information content (AvgIpc) is 2.68. The average molecular weight is 333 g/mol. The Morgan fingerprint density at radius 3 is 2.68 bits per heavy atom. The maximum absolute atomic E-state index is 12.1. The van der Waals surface area contributed by atoms with Gasteiger partial charge in [-0.25, -0.2) is 0 Å². The zero-order valence-corrected chi connectivity index (χ0v) is 14.0. The molecule has 0 radical (unpaired) electrons. The second kappa shape index (κ2) is 8.06. The zero-order chi connectivity index (χ0) is 17.5. The maximum Gasteiger partial charge on any atom is 0.224 e. The molecule has 0 aliphatic rings. The van der Waals surface area contributed by atoms with Gasteiger partial charge in [0.2, 0.25) is 5.91 Å². The molecule has 0 saturated heterocycles. The normalized spacial score (nSPS) is 10.3. The summed E-state index contributed by atoms with van der Waals surface area (Å²) >= 11 is 0. The van der Waals surface area contributed by atoms with Gasteiger partial charge in [0.05, 0.1) is 19.2 Å². The number of ether oxygens (including phenoxy) is 1. The second-order valence-electron chi connectivity index (χ2n) is 5.56. The largest absolute Gasteiger partial charge is 0.496 e. The standard InChI is InChI=1S/C20H19N3O2/c1-25-19-7-3-2-5-16(19)11-20(24)23-13-15-8-9-18(22-12-15)17-6-4-10-21-14-17/h2-10,12,14H,11,13H2,1H3,(H,23,24). The number of methoxy groups -OCH3 is 1. The van der Waals surface area contributed by atoms with Gasteiger partial charge in [-0.3, -0.25) is 14.8 Å². The minimum absolute atomic E-state index is 0.0548. The van der Waals surface area contributed by atoms with Crippen LogP contribution in [0.1, 0.15) is 11.1 Å². The van der Waals surface area contributed by atoms with Crippen LogP contribution < -0.4 is 10.1 Å². The van der Waals surface area contributed by atoms with Gasteiger partial charge in [0.1, 0.15) is 5.75 Å². The number of carbonyl (C=O) groups excluding carboxylic acids is 1. The third-order valence-corrected chi connectivity index (χ3v) is 3.82. The fourth-order valence-corrected chi connectivity index (χ4v) is 2.50. The number of carbonyl (C=O) groups is 1. The molecular weight excluding hydrogens is 314 g/mol. The van der Waals surface area contributed by atoms with Crippen molar-refractivity contribution < 1.29 is 9.53 Å². The Morgan fingerprint density at radius 2 is 1.96 bits per heavy atom. The van der Waals surface area contributed by atoms with Gasteiger partial charge in [-0.1, -0.05) is 24.3 Å². The van der Waals surface area contributed by atoms with E-state index in [1.54, 1.807) is 25.7 Å². The zero-order valence-electron chi connectivity index (χ0n) is 14.0. The van der Waals surface area contributed by atoms with Crippen LogP contribution in [0.2, 0.25) is 0 Å². The van der Waals surface area contributed by atoms with E-state index >= 15 is 0 Å². The fourth-order valence-electron chi connectivity index (χ4n) is 2.50. The lowest BCUT2D eigenvalue weighted by Crippen LogP contribution is -2.24. The van der Waals surface area contributed by atoms with Crippen molar-refractivity contribution in [3.05, 3.63) is 78.2 Å². The van der Waals surface area contributed by atoms with Crippen molar-refractivity contribution >= 4 is 5.91 Å². The molecule has 126 valence electrons. The van der Waals surface area contributed by atoms with Gasteiger partial charge < -0.3 is 10.1 Å². The SMILES string of the molecule is COc1ccccc1CC(=O)NCc1ccc(-c2cccnc2)nc1. The van der Waals surface area contributed by atoms with Crippen LogP contribution in [0.5, 0.6) is 5.75 Å². The van der Waals surface area contributed by atoms with Crippen molar-refractivity contribution in [1.29, 1.82) is 0 Å². The van der Waals surface area contributed by atoms with E-state index in [1.165, 1.54) is 0 Å². The number of hydrogen-bond acceptors (Lipinski definition) is 4. The summed E-state index contributed by atoms with van der Waals surface area (Å²) in [5, 5.41) is 2.91. The van der Waals surface area contributed by atoms with Crippen molar-refractivity contribution in [3.8, 4) is 17.0 Å². The summed E-state index contributed by atoms with van der Waals surface area (Å²) in [6.07, 6.45) is 5.56. The molecule has 0 aliphatic carbocycles. The monoisotopic (exact) mass is 333 g/mol. The summed E-state index contributed by atoms with van der Waals surface area (Å²) in [6.45, 7) is 0.439. The number of para-hydroxylation sites is 1. The van der Waals surface area contributed by atoms with Gasteiger partial charge in [0, 0.05) is 36.3 Å². The number of nitrogens with zero attached hydrogens (tertiary/aromatic N) is 2. The van der Waals surface area contributed by atoms with Gasteiger partial charge >= 0.3 is 0 Å². The Morgan fingerprint density at radius 1 is 1.08 bits per heavy atom. The first-order valence-corrected chi connectivity index (χ1v) is 8.00. The number of rotatable bonds is 6. The lowest BCUT2D eigenvalue weighted by Gasteiger charge is -2.09. The second-order valence-corrected chi connectivity index (χ2v) is 5.56. The first-order valence-electron chi connectivity index (χ1n) is 8.00. The van der Waals surface area contributed by atoms with Crippen LogP contribution in [-0.4, -0.2) is 23.0 Å². The predicted octanol–water partition coefficient (Wildman–Crippen LogP) is 3.01. The minimum atomic E-state index is -0.0548. The lowest BCUT2D eigenvalue weighted by atomic mass is 10.1. The number of nitrogens with one attached hydrogen (secondary N) is 1. The van der Waals surface area contributed by atoms with E-state index in [9.17, 15) is 4.79 Å². The first-order chi connectivity index (χ1) is 12.3. The highest BCUT2D eigenvalue weighted by Gasteiger charge is 2.08. The first kappa shape index (κ1) is 16.6. The van der Waals surface area contributed by atoms with Crippen molar-refractivity contribution in [1.82, 2.24) is 15.3 Å². The molecule has 2 heterocycles. The van der Waals surface area contributed by atoms with Crippen LogP contribution in [0.15, 0.2) is 67.1 Å². The summed E-state index contributed by atoms with van der Waals surface area (Å²) in [5.74, 6) is 0.668. The van der Waals surface area contributed by atoms with Crippen LogP contribution in [0.25, 0.3) is 11.3 Å². The molecule has 1 amide bonds. The van der Waals surface area contributed by atoms with Gasteiger partial charge in [-0.2, -0.15) is 0 Å². The molecule has 0 spiro atoms. The van der Waals surface area contributed by atoms with E-state index in [0.29, 0.717) is 6.54 Å². The fraction of sp³-hybridized carbons (Fsp3) is 0.150. The topological polar surface area (TPSA) is 64.1 Å². The molecule has 0 bridgehead atoms. The third kappa shape index (κ3) is 4.41. The molecule has 0 atom stereocenters. The third-order valence-electron chi connectivity index (χ3n) is 3.82. The van der Waals surface area contributed by atoms with Crippen LogP contribution in [0, 0.1) is 0 Å². The van der Waals surface area contributed by atoms with Gasteiger partial charge in [-0.15, -0.1) is 0 Å². The van der Waals surface area contributed by atoms with Crippen molar-refractivity contribution in [2.24, 2.45) is 0 Å². The maximum atomic E-state index is 12.1. The number of benzene rings is 1. The molecule has 0 saturated carbocycles. The Hall–Kier alpha value is -3.21. The molecule has 1 aromatic carbocycles. The number of pyridine rings is 2. The van der Waals surface area contributed by atoms with Crippen LogP contribution in [-0.2, 0) is 17.8 Å². The Bertz CT molecular complexity index is 833. The Labute approximate surface area is 146 Å². The predicted molar refractivity (Wildman–Crippen MR) is 96.0 cm³/mol. The Kier molecular flexibility index (Phi) is 5.36. The highest BCUT2D eigenvalue weighted by molar-refractivity contribution is 5.79. The molecular formula is C20H19N3O2. The highest BCUT2D eigenvalue weighted by atomic mass is 16.5. The molecule has 0 aliphatic heterocycles. The van der Waals surface area contributed by atoms with Crippen LogP contribution >= 0.6 is 0 Å². The molecule has 3 rings (SSSR count). The van der Waals surface area contributed by atoms with Gasteiger partial charge in [0.25, 0.3) is 0 Å². The summed E-state index contributed by atoms with van der Waals surface area (Å²) in [7, 11) is 1.60. The smallest absolute Gasteiger partial charge is 0.224 e. The van der Waals surface area contributed by atoms with E-state index in [1.807, 2.05) is 48.5 Å². The quantitative estimate of drug-likeness (QED) is 0.753. The molecule has 3 aromatic rings. The van der Waals surface area contributed by atoms with E-state index in [4.69, 9.17) is 4.74 Å². The van der Waals surface area contributed by atoms with Gasteiger partial charge in [0.15, 0.2) is 0 Å². The molecule has 2 aromatic heterocycles. The summed E-state index contributed by atoms with van der Waals surface area (Å²) in [6, 6.07) is 15.2. The van der Waals surface area contributed by atoms with Crippen molar-refractivity contribution in [2.45, 2.75) is 13.0 Å². The van der Waals surface area contributed by atoms with E-state index in [2.05, 4.69) is 15.3 Å².